The average molecular weight is 435 g/mol. The van der Waals surface area contributed by atoms with E-state index < -0.39 is 28.7 Å². The normalized spacial score (nSPS) is 23.4. The van der Waals surface area contributed by atoms with E-state index in [0.717, 1.165) is 6.08 Å². The molecule has 2 heterocycles. The molecule has 2 aliphatic rings. The van der Waals surface area contributed by atoms with Crippen LogP contribution in [0.15, 0.2) is 22.3 Å². The number of aromatic nitrogens is 2. The second-order valence-electron chi connectivity index (χ2n) is 7.88. The molecule has 1 aliphatic heterocycles. The number of hydrogen-bond donors (Lipinski definition) is 2. The molecular weight excluding hydrogens is 416 g/mol. The van der Waals surface area contributed by atoms with Gasteiger partial charge in [0.2, 0.25) is 23.2 Å². The molecule has 0 fully saturated rings. The number of carbonyl (C=O) groups excluding carboxylic acids is 2. The summed E-state index contributed by atoms with van der Waals surface area (Å²) >= 11 is 6.54. The Morgan fingerprint density at radius 1 is 1.33 bits per heavy atom. The van der Waals surface area contributed by atoms with Crippen LogP contribution in [0.2, 0.25) is 5.02 Å². The number of aliphatic hydroxyl groups is 2. The van der Waals surface area contributed by atoms with Gasteiger partial charge >= 0.3 is 0 Å². The Morgan fingerprint density at radius 2 is 2.03 bits per heavy atom. The fourth-order valence-electron chi connectivity index (χ4n) is 3.72. The van der Waals surface area contributed by atoms with E-state index in [-0.39, 0.29) is 51.6 Å². The third-order valence-corrected chi connectivity index (χ3v) is 5.67. The van der Waals surface area contributed by atoms with Gasteiger partial charge in [0.1, 0.15) is 22.7 Å². The zero-order valence-corrected chi connectivity index (χ0v) is 17.4. The van der Waals surface area contributed by atoms with Crippen LogP contribution in [0.4, 0.5) is 0 Å². The summed E-state index contributed by atoms with van der Waals surface area (Å²) in [5.41, 5.74) is -2.85. The van der Waals surface area contributed by atoms with Crippen LogP contribution >= 0.6 is 11.6 Å². The molecule has 1 spiro atoms. The molecule has 1 aliphatic carbocycles. The molecule has 2 atom stereocenters. The summed E-state index contributed by atoms with van der Waals surface area (Å²) in [6.07, 6.45) is 1.02. The van der Waals surface area contributed by atoms with Crippen LogP contribution in [0.25, 0.3) is 11.5 Å². The smallest absolute Gasteiger partial charge is 0.249 e. The van der Waals surface area contributed by atoms with Crippen molar-refractivity contribution >= 4 is 23.2 Å². The van der Waals surface area contributed by atoms with Gasteiger partial charge in [-0.15, -0.1) is 10.2 Å². The molecule has 158 valence electrons. The topological polar surface area (TPSA) is 132 Å². The molecule has 0 saturated heterocycles. The highest BCUT2D eigenvalue weighted by molar-refractivity contribution is 6.36. The number of hydrogen-bond acceptors (Lipinski definition) is 9. The summed E-state index contributed by atoms with van der Waals surface area (Å²) in [4.78, 5) is 25.2. The number of allylic oxidation sites excluding steroid dienone is 1. The molecule has 0 radical (unpaired) electrons. The molecular formula is C20H19ClN2O7. The first-order chi connectivity index (χ1) is 14.0. The number of ketones is 2. The molecule has 0 bridgehead atoms. The number of carbonyl (C=O) groups is 2. The second-order valence-corrected chi connectivity index (χ2v) is 8.26. The van der Waals surface area contributed by atoms with Crippen molar-refractivity contribution in [3.05, 3.63) is 34.4 Å². The maximum absolute atomic E-state index is 13.4. The summed E-state index contributed by atoms with van der Waals surface area (Å²) in [7, 11) is 1.37. The van der Waals surface area contributed by atoms with Gasteiger partial charge in [-0.2, -0.15) is 0 Å². The number of rotatable bonds is 3. The van der Waals surface area contributed by atoms with Crippen LogP contribution in [0, 0.1) is 5.92 Å². The summed E-state index contributed by atoms with van der Waals surface area (Å²) < 4.78 is 16.9. The summed E-state index contributed by atoms with van der Waals surface area (Å²) in [6.45, 7) is 4.61. The first kappa shape index (κ1) is 20.4. The van der Waals surface area contributed by atoms with Gasteiger partial charge in [-0.05, 0) is 19.9 Å². The van der Waals surface area contributed by atoms with E-state index in [2.05, 4.69) is 10.2 Å². The largest absolute Gasteiger partial charge is 0.507 e. The van der Waals surface area contributed by atoms with Crippen LogP contribution in [-0.4, -0.2) is 44.7 Å². The van der Waals surface area contributed by atoms with Gasteiger partial charge in [-0.25, -0.2) is 0 Å². The first-order valence-electron chi connectivity index (χ1n) is 9.15. The number of methoxy groups -OCH3 is 1. The van der Waals surface area contributed by atoms with Gasteiger partial charge in [0.25, 0.3) is 0 Å². The van der Waals surface area contributed by atoms with E-state index in [0.29, 0.717) is 0 Å². The van der Waals surface area contributed by atoms with Gasteiger partial charge < -0.3 is 24.1 Å². The van der Waals surface area contributed by atoms with Crippen molar-refractivity contribution < 1.29 is 33.7 Å². The lowest BCUT2D eigenvalue weighted by molar-refractivity contribution is -0.118. The van der Waals surface area contributed by atoms with Gasteiger partial charge in [0, 0.05) is 18.4 Å². The van der Waals surface area contributed by atoms with Crippen molar-refractivity contribution in [1.82, 2.24) is 10.2 Å². The summed E-state index contributed by atoms with van der Waals surface area (Å²) in [5.74, 6) is -1.89. The highest BCUT2D eigenvalue weighted by atomic mass is 35.5. The van der Waals surface area contributed by atoms with Crippen LogP contribution < -0.4 is 9.47 Å². The third kappa shape index (κ3) is 2.73. The van der Waals surface area contributed by atoms with Gasteiger partial charge in [0.15, 0.2) is 11.5 Å². The van der Waals surface area contributed by atoms with E-state index in [1.165, 1.54) is 27.0 Å². The van der Waals surface area contributed by atoms with E-state index in [1.54, 1.807) is 6.92 Å². The predicted octanol–water partition coefficient (Wildman–Crippen LogP) is 2.99. The van der Waals surface area contributed by atoms with E-state index in [9.17, 15) is 19.8 Å². The number of fused-ring (bicyclic) bond motifs is 1. The quantitative estimate of drug-likeness (QED) is 0.747. The molecule has 2 N–H and O–H groups in total. The third-order valence-electron chi connectivity index (χ3n) is 5.29. The minimum Gasteiger partial charge on any atom is -0.507 e. The molecule has 10 heteroatoms. The number of nitrogens with zero attached hydrogens (tertiary/aromatic N) is 2. The number of aliphatic hydroxyl groups excluding tert-OH is 1. The van der Waals surface area contributed by atoms with Crippen molar-refractivity contribution in [3.8, 4) is 23.0 Å². The summed E-state index contributed by atoms with van der Waals surface area (Å²) in [6, 6.07) is 1.45. The Morgan fingerprint density at radius 3 is 2.60 bits per heavy atom. The van der Waals surface area contributed by atoms with Gasteiger partial charge in [-0.3, -0.25) is 9.59 Å². The van der Waals surface area contributed by atoms with Crippen LogP contribution in [-0.2, 0) is 10.4 Å². The molecule has 1 aromatic carbocycles. The molecule has 2 aromatic rings. The van der Waals surface area contributed by atoms with Gasteiger partial charge in [0.05, 0.1) is 17.7 Å². The monoisotopic (exact) mass is 434 g/mol. The predicted molar refractivity (Wildman–Crippen MR) is 104 cm³/mol. The molecule has 4 rings (SSSR count). The fraction of sp³-hybridized carbons (Fsp3) is 0.400. The molecule has 30 heavy (non-hydrogen) atoms. The molecule has 9 nitrogen and oxygen atoms in total. The van der Waals surface area contributed by atoms with E-state index >= 15 is 0 Å². The van der Waals surface area contributed by atoms with Crippen molar-refractivity contribution in [2.75, 3.05) is 7.11 Å². The number of halogens is 1. The standard InChI is InChI=1S/C20H19ClN2O7/c1-8-5-9(24)6-12(25)20(8)16(26)13-11(28-4)7-10(14(21)15(13)30-20)17-22-23-18(29-17)19(2,3)27/h6-8,25,27H,5H2,1-4H3/t8-,20+/m1/s1. The minimum atomic E-state index is -1.77. The van der Waals surface area contributed by atoms with Crippen LogP contribution in [0.1, 0.15) is 43.4 Å². The molecule has 0 amide bonds. The highest BCUT2D eigenvalue weighted by Gasteiger charge is 2.59. The summed E-state index contributed by atoms with van der Waals surface area (Å²) in [5, 5.41) is 28.3. The fourth-order valence-corrected chi connectivity index (χ4v) is 3.99. The van der Waals surface area contributed by atoms with Crippen molar-refractivity contribution in [1.29, 1.82) is 0 Å². The Bertz CT molecular complexity index is 1120. The highest BCUT2D eigenvalue weighted by Crippen LogP contribution is 2.53. The van der Waals surface area contributed by atoms with Gasteiger partial charge in [-0.1, -0.05) is 18.5 Å². The molecule has 0 saturated carbocycles. The zero-order chi connectivity index (χ0) is 22.0. The maximum atomic E-state index is 13.4. The number of Topliss-reactive ketones (excluding diaryl/α,β-unsaturated/α-hetero) is 1. The Balaban J connectivity index is 1.90. The SMILES string of the molecule is COc1cc(-c2nnc(C(C)(C)O)o2)c(Cl)c2c1C(=O)[C@@]1(O2)C(O)=CC(=O)C[C@H]1C. The lowest BCUT2D eigenvalue weighted by Crippen LogP contribution is -2.51. The van der Waals surface area contributed by atoms with Crippen molar-refractivity contribution in [2.45, 2.75) is 38.4 Å². The van der Waals surface area contributed by atoms with Crippen molar-refractivity contribution in [3.63, 3.8) is 0 Å². The second kappa shape index (κ2) is 6.55. The molecule has 1 aromatic heterocycles. The van der Waals surface area contributed by atoms with E-state index in [1.807, 2.05) is 0 Å². The first-order valence-corrected chi connectivity index (χ1v) is 9.53. The number of ether oxygens (including phenoxy) is 2. The van der Waals surface area contributed by atoms with E-state index in [4.69, 9.17) is 25.5 Å². The average Bonchev–Trinajstić information content (AvgIpc) is 3.25. The Kier molecular flexibility index (Phi) is 4.44. The lowest BCUT2D eigenvalue weighted by atomic mass is 9.75. The van der Waals surface area contributed by atoms with Crippen LogP contribution in [0.5, 0.6) is 11.5 Å². The minimum absolute atomic E-state index is 0.00105. The Labute approximate surface area is 176 Å². The molecule has 0 unspecified atom stereocenters. The van der Waals surface area contributed by atoms with Crippen molar-refractivity contribution in [2.24, 2.45) is 5.92 Å². The lowest BCUT2D eigenvalue weighted by Gasteiger charge is -2.34. The zero-order valence-electron chi connectivity index (χ0n) is 16.6. The Hall–Kier alpha value is -2.91. The number of benzene rings is 1. The van der Waals surface area contributed by atoms with Crippen LogP contribution in [0.3, 0.4) is 0 Å². The maximum Gasteiger partial charge on any atom is 0.249 e.